The molecule has 0 atom stereocenters. The van der Waals surface area contributed by atoms with E-state index >= 15 is 0 Å². The lowest BCUT2D eigenvalue weighted by Gasteiger charge is -2.22. The third-order valence-corrected chi connectivity index (χ3v) is 7.35. The molecule has 0 bridgehead atoms. The van der Waals surface area contributed by atoms with Crippen molar-refractivity contribution in [3.63, 3.8) is 0 Å². The largest absolute Gasteiger partial charge is 0.476 e. The highest BCUT2D eigenvalue weighted by Crippen LogP contribution is 2.27. The molecule has 0 aliphatic carbocycles. The van der Waals surface area contributed by atoms with Gasteiger partial charge in [-0.1, -0.05) is 18.1 Å². The number of H-pyrrole nitrogens is 1. The van der Waals surface area contributed by atoms with Crippen LogP contribution >= 0.6 is 0 Å². The number of terminal acetylenes is 1. The molecule has 0 spiro atoms. The predicted octanol–water partition coefficient (Wildman–Crippen LogP) is 3.66. The van der Waals surface area contributed by atoms with Gasteiger partial charge in [0.15, 0.2) is 0 Å². The monoisotopic (exact) mass is 532 g/mol. The first-order chi connectivity index (χ1) is 18.4. The van der Waals surface area contributed by atoms with Crippen molar-refractivity contribution in [2.24, 2.45) is 5.92 Å². The highest BCUT2D eigenvalue weighted by Gasteiger charge is 2.24. The lowest BCUT2D eigenvalue weighted by Crippen LogP contribution is -2.31. The number of benzene rings is 1. The van der Waals surface area contributed by atoms with Gasteiger partial charge in [0.05, 0.1) is 30.1 Å². The minimum atomic E-state index is -4.31. The smallest absolute Gasteiger partial charge is 0.268 e. The number of nitrogens with one attached hydrogen (secondary N) is 2. The van der Waals surface area contributed by atoms with Crippen molar-refractivity contribution in [2.45, 2.75) is 17.7 Å². The molecule has 5 rings (SSSR count). The summed E-state index contributed by atoms with van der Waals surface area (Å²) in [6.45, 7) is 1.75. The fraction of sp³-hybridized carbons (Fsp3) is 0.222. The first-order valence-corrected chi connectivity index (χ1v) is 13.4. The molecule has 0 unspecified atom stereocenters. The lowest BCUT2D eigenvalue weighted by atomic mass is 10.0. The molecule has 2 N–H and O–H groups in total. The molecular weight excluding hydrogens is 508 g/mol. The molecule has 10 nitrogen and oxygen atoms in total. The number of fused-ring (bicyclic) bond motifs is 1. The van der Waals surface area contributed by atoms with E-state index in [4.69, 9.17) is 20.6 Å². The maximum Gasteiger partial charge on any atom is 0.268 e. The van der Waals surface area contributed by atoms with E-state index in [0.717, 1.165) is 24.4 Å². The van der Waals surface area contributed by atoms with Gasteiger partial charge in [0.1, 0.15) is 22.0 Å². The Balaban J connectivity index is 1.31. The Morgan fingerprint density at radius 3 is 2.79 bits per heavy atom. The second-order valence-electron chi connectivity index (χ2n) is 8.65. The van der Waals surface area contributed by atoms with Crippen LogP contribution in [0.2, 0.25) is 0 Å². The van der Waals surface area contributed by atoms with Crippen LogP contribution in [0.3, 0.4) is 0 Å². The van der Waals surface area contributed by atoms with Gasteiger partial charge < -0.3 is 19.2 Å². The molecule has 1 aromatic carbocycles. The highest BCUT2D eigenvalue weighted by atomic mass is 32.2. The van der Waals surface area contributed by atoms with Crippen LogP contribution in [0.5, 0.6) is 17.4 Å². The Hall–Kier alpha value is -4.40. The van der Waals surface area contributed by atoms with Gasteiger partial charge in [-0.25, -0.2) is 23.1 Å². The van der Waals surface area contributed by atoms with E-state index in [1.54, 1.807) is 30.5 Å². The summed E-state index contributed by atoms with van der Waals surface area (Å²) >= 11 is 0. The predicted molar refractivity (Wildman–Crippen MR) is 138 cm³/mol. The van der Waals surface area contributed by atoms with E-state index in [2.05, 4.69) is 25.6 Å². The van der Waals surface area contributed by atoms with Gasteiger partial charge >= 0.3 is 0 Å². The first-order valence-electron chi connectivity index (χ1n) is 11.9. The van der Waals surface area contributed by atoms with E-state index in [0.29, 0.717) is 37.1 Å². The van der Waals surface area contributed by atoms with Crippen molar-refractivity contribution in [1.29, 1.82) is 0 Å². The van der Waals surface area contributed by atoms with E-state index in [1.807, 2.05) is 6.07 Å². The number of aromatic amines is 1. The maximum absolute atomic E-state index is 13.0. The number of aromatic nitrogens is 3. The van der Waals surface area contributed by atoms with Gasteiger partial charge in [-0.3, -0.25) is 4.79 Å². The molecule has 3 aromatic heterocycles. The molecule has 4 heterocycles. The Morgan fingerprint density at radius 1 is 1.16 bits per heavy atom. The molecule has 1 fully saturated rings. The number of pyridine rings is 2. The minimum absolute atomic E-state index is 0.0202. The van der Waals surface area contributed by atoms with Crippen LogP contribution in [0.4, 0.5) is 0 Å². The topological polar surface area (TPSA) is 132 Å². The average molecular weight is 533 g/mol. The SMILES string of the molecule is C#Cc1cc(S(=O)(=O)NC(=O)c2ccccc2Oc2cnc3[nH]ccc3c2)cnc1OCC1CCOCC1. The molecule has 11 heteroatoms. The zero-order valence-corrected chi connectivity index (χ0v) is 21.0. The molecule has 194 valence electrons. The normalized spacial score (nSPS) is 14.1. The molecule has 1 aliphatic heterocycles. The van der Waals surface area contributed by atoms with Crippen molar-refractivity contribution in [3.05, 3.63) is 72.2 Å². The molecule has 0 saturated carbocycles. The summed E-state index contributed by atoms with van der Waals surface area (Å²) in [6.07, 6.45) is 11.7. The van der Waals surface area contributed by atoms with Crippen molar-refractivity contribution in [2.75, 3.05) is 19.8 Å². The number of hydrogen-bond donors (Lipinski definition) is 2. The Bertz CT molecular complexity index is 1620. The van der Waals surface area contributed by atoms with Crippen LogP contribution in [-0.2, 0) is 14.8 Å². The zero-order chi connectivity index (χ0) is 26.5. The van der Waals surface area contributed by atoms with Crippen molar-refractivity contribution in [1.82, 2.24) is 19.7 Å². The molecule has 1 amide bonds. The average Bonchev–Trinajstić information content (AvgIpc) is 3.40. The fourth-order valence-electron chi connectivity index (χ4n) is 3.99. The van der Waals surface area contributed by atoms with Gasteiger partial charge in [-0.2, -0.15) is 0 Å². The number of amides is 1. The van der Waals surface area contributed by atoms with Crippen molar-refractivity contribution < 1.29 is 27.4 Å². The molecular formula is C27H24N4O6S. The maximum atomic E-state index is 13.0. The Labute approximate surface area is 219 Å². The number of ether oxygens (including phenoxy) is 3. The third-order valence-electron chi connectivity index (χ3n) is 6.05. The van der Waals surface area contributed by atoms with Gasteiger partial charge in [-0.15, -0.1) is 6.42 Å². The highest BCUT2D eigenvalue weighted by molar-refractivity contribution is 7.90. The third kappa shape index (κ3) is 5.61. The number of para-hydroxylation sites is 1. The van der Waals surface area contributed by atoms with Crippen LogP contribution in [0.15, 0.2) is 66.0 Å². The summed E-state index contributed by atoms with van der Waals surface area (Å²) < 4.78 is 45.1. The molecule has 1 aliphatic rings. The lowest BCUT2D eigenvalue weighted by molar-refractivity contribution is 0.0490. The molecule has 38 heavy (non-hydrogen) atoms. The van der Waals surface area contributed by atoms with Crippen LogP contribution < -0.4 is 14.2 Å². The Morgan fingerprint density at radius 2 is 1.97 bits per heavy atom. The summed E-state index contributed by atoms with van der Waals surface area (Å²) in [7, 11) is -4.31. The number of carbonyl (C=O) groups excluding carboxylic acids is 1. The van der Waals surface area contributed by atoms with Gasteiger partial charge in [0.2, 0.25) is 5.88 Å². The summed E-state index contributed by atoms with van der Waals surface area (Å²) in [5.41, 5.74) is 0.880. The molecule has 1 saturated heterocycles. The second kappa shape index (κ2) is 10.9. The number of hydrogen-bond acceptors (Lipinski definition) is 8. The second-order valence-corrected chi connectivity index (χ2v) is 10.3. The van der Waals surface area contributed by atoms with Crippen LogP contribution in [0, 0.1) is 18.3 Å². The van der Waals surface area contributed by atoms with E-state index in [1.165, 1.54) is 18.3 Å². The first kappa shape index (κ1) is 25.3. The molecule has 0 radical (unpaired) electrons. The summed E-state index contributed by atoms with van der Waals surface area (Å²) in [5, 5.41) is 0.823. The van der Waals surface area contributed by atoms with Gasteiger partial charge in [-0.05, 0) is 49.1 Å². The van der Waals surface area contributed by atoms with Crippen LogP contribution in [0.25, 0.3) is 11.0 Å². The van der Waals surface area contributed by atoms with E-state index in [-0.39, 0.29) is 27.7 Å². The quantitative estimate of drug-likeness (QED) is 0.329. The number of sulfonamides is 1. The standard InChI is InChI=1S/C27H24N4O6S/c1-2-19-14-22(16-30-27(19)36-17-18-8-11-35-12-9-18)38(33,34)31-26(32)23-5-3-4-6-24(23)37-21-13-20-7-10-28-25(20)29-15-21/h1,3-7,10,13-16,18H,8-9,11-12,17H2,(H,28,29)(H,31,32). The van der Waals surface area contributed by atoms with Crippen LogP contribution in [0.1, 0.15) is 28.8 Å². The number of rotatable bonds is 8. The van der Waals surface area contributed by atoms with Crippen molar-refractivity contribution >= 4 is 27.0 Å². The van der Waals surface area contributed by atoms with E-state index in [9.17, 15) is 13.2 Å². The minimum Gasteiger partial charge on any atom is -0.476 e. The summed E-state index contributed by atoms with van der Waals surface area (Å²) in [5.74, 6) is 2.56. The fourth-order valence-corrected chi connectivity index (χ4v) is 4.93. The number of carbonyl (C=O) groups is 1. The summed E-state index contributed by atoms with van der Waals surface area (Å²) in [6, 6.07) is 11.1. The number of nitrogens with zero attached hydrogens (tertiary/aromatic N) is 2. The van der Waals surface area contributed by atoms with Crippen molar-refractivity contribution in [3.8, 4) is 29.7 Å². The van der Waals surface area contributed by atoms with E-state index < -0.39 is 15.9 Å². The molecule has 4 aromatic rings. The Kier molecular flexibility index (Phi) is 7.26. The summed E-state index contributed by atoms with van der Waals surface area (Å²) in [4.78, 5) is 24.1. The zero-order valence-electron chi connectivity index (χ0n) is 20.2. The van der Waals surface area contributed by atoms with Crippen LogP contribution in [-0.4, -0.2) is 49.1 Å². The van der Waals surface area contributed by atoms with Gasteiger partial charge in [0.25, 0.3) is 15.9 Å². The van der Waals surface area contributed by atoms with Gasteiger partial charge in [0, 0.05) is 24.8 Å².